The number of aryl methyl sites for hydroxylation is 1. The number of ketones is 1. The number of nitrogen functional groups attached to an aromatic ring is 1. The van der Waals surface area contributed by atoms with Crippen molar-refractivity contribution in [1.29, 1.82) is 0 Å². The Labute approximate surface area is 105 Å². The van der Waals surface area contributed by atoms with Crippen LogP contribution in [0.2, 0.25) is 5.02 Å². The molecule has 0 unspecified atom stereocenters. The van der Waals surface area contributed by atoms with Gasteiger partial charge in [-0.2, -0.15) is 0 Å². The van der Waals surface area contributed by atoms with Crippen LogP contribution in [0.4, 0.5) is 5.69 Å². The molecule has 2 rings (SSSR count). The molecule has 0 spiro atoms. The molecule has 0 saturated carbocycles. The summed E-state index contributed by atoms with van der Waals surface area (Å²) < 4.78 is 0. The van der Waals surface area contributed by atoms with E-state index in [9.17, 15) is 4.79 Å². The maximum atomic E-state index is 11.5. The molecular weight excluding hydrogens is 236 g/mol. The minimum atomic E-state index is -0.0311. The molecule has 0 aliphatic carbocycles. The Kier molecular flexibility index (Phi) is 2.94. The third-order valence-electron chi connectivity index (χ3n) is 2.71. The van der Waals surface area contributed by atoms with Gasteiger partial charge in [0.15, 0.2) is 5.78 Å². The van der Waals surface area contributed by atoms with Crippen molar-refractivity contribution in [2.24, 2.45) is 0 Å². The number of carbonyl (C=O) groups excluding carboxylic acids is 1. The van der Waals surface area contributed by atoms with E-state index in [1.165, 1.54) is 6.92 Å². The molecule has 3 nitrogen and oxygen atoms in total. The van der Waals surface area contributed by atoms with Gasteiger partial charge in [0.25, 0.3) is 0 Å². The molecule has 88 valence electrons. The second-order valence-corrected chi connectivity index (χ2v) is 4.41. The van der Waals surface area contributed by atoms with Gasteiger partial charge in [-0.25, -0.2) is 0 Å². The smallest absolute Gasteiger partial charge is 0.163 e. The van der Waals surface area contributed by atoms with E-state index >= 15 is 0 Å². The van der Waals surface area contributed by atoms with Gasteiger partial charge >= 0.3 is 0 Å². The lowest BCUT2D eigenvalue weighted by atomic mass is 10.1. The molecule has 1 aromatic heterocycles. The number of hydrogen-bond acceptors (Lipinski definition) is 2. The van der Waals surface area contributed by atoms with E-state index in [2.05, 4.69) is 4.98 Å². The number of Topliss-reactive ketones (excluding diaryl/α,β-unsaturated/α-hetero) is 1. The van der Waals surface area contributed by atoms with Crippen molar-refractivity contribution in [1.82, 2.24) is 4.98 Å². The van der Waals surface area contributed by atoms with Gasteiger partial charge < -0.3 is 10.7 Å². The van der Waals surface area contributed by atoms with Gasteiger partial charge in [0.05, 0.1) is 16.9 Å². The lowest BCUT2D eigenvalue weighted by molar-refractivity contribution is 0.101. The van der Waals surface area contributed by atoms with E-state index in [1.54, 1.807) is 12.1 Å². The predicted octanol–water partition coefficient (Wildman–Crippen LogP) is 3.43. The Morgan fingerprint density at radius 3 is 2.35 bits per heavy atom. The van der Waals surface area contributed by atoms with Crippen LogP contribution in [0.15, 0.2) is 24.3 Å². The number of halogens is 1. The quantitative estimate of drug-likeness (QED) is 0.800. The maximum absolute atomic E-state index is 11.5. The Hall–Kier alpha value is -1.74. The number of aromatic amines is 1. The van der Waals surface area contributed by atoms with E-state index in [-0.39, 0.29) is 5.78 Å². The van der Waals surface area contributed by atoms with Crippen LogP contribution < -0.4 is 5.73 Å². The fourth-order valence-electron chi connectivity index (χ4n) is 1.94. The van der Waals surface area contributed by atoms with Crippen LogP contribution in [0.1, 0.15) is 23.0 Å². The zero-order chi connectivity index (χ0) is 12.6. The first-order valence-corrected chi connectivity index (χ1v) is 5.63. The summed E-state index contributed by atoms with van der Waals surface area (Å²) >= 11 is 5.83. The van der Waals surface area contributed by atoms with E-state index in [1.807, 2.05) is 19.1 Å². The minimum Gasteiger partial charge on any atom is -0.396 e. The van der Waals surface area contributed by atoms with Crippen molar-refractivity contribution in [3.05, 3.63) is 40.5 Å². The van der Waals surface area contributed by atoms with E-state index in [0.717, 1.165) is 17.0 Å². The highest BCUT2D eigenvalue weighted by Gasteiger charge is 2.16. The molecule has 1 aromatic carbocycles. The normalized spacial score (nSPS) is 10.5. The summed E-state index contributed by atoms with van der Waals surface area (Å²) in [5.41, 5.74) is 9.53. The molecular formula is C13H13ClN2O. The molecule has 17 heavy (non-hydrogen) atoms. The number of aromatic nitrogens is 1. The molecule has 2 aromatic rings. The van der Waals surface area contributed by atoms with Crippen molar-refractivity contribution in [2.45, 2.75) is 13.8 Å². The third kappa shape index (κ3) is 2.06. The Morgan fingerprint density at radius 2 is 1.88 bits per heavy atom. The summed E-state index contributed by atoms with van der Waals surface area (Å²) in [6.45, 7) is 3.35. The summed E-state index contributed by atoms with van der Waals surface area (Å²) in [4.78, 5) is 14.6. The molecule has 3 N–H and O–H groups in total. The fraction of sp³-hybridized carbons (Fsp3) is 0.154. The highest BCUT2D eigenvalue weighted by molar-refractivity contribution is 6.30. The summed E-state index contributed by atoms with van der Waals surface area (Å²) in [7, 11) is 0. The van der Waals surface area contributed by atoms with Crippen molar-refractivity contribution >= 4 is 23.1 Å². The molecule has 4 heteroatoms. The third-order valence-corrected chi connectivity index (χ3v) is 2.96. The summed E-state index contributed by atoms with van der Waals surface area (Å²) in [6.07, 6.45) is 0. The molecule has 0 aliphatic rings. The molecule has 1 heterocycles. The number of benzene rings is 1. The predicted molar refractivity (Wildman–Crippen MR) is 70.4 cm³/mol. The standard InChI is InChI=1S/C13H13ClN2O/c1-7-11(8(2)17)12(15)13(16-7)9-3-5-10(14)6-4-9/h3-6,16H,15H2,1-2H3. The van der Waals surface area contributed by atoms with Gasteiger partial charge in [-0.3, -0.25) is 4.79 Å². The number of nitrogens with two attached hydrogens (primary N) is 1. The lowest BCUT2D eigenvalue weighted by Gasteiger charge is -2.01. The molecule has 0 fully saturated rings. The van der Waals surface area contributed by atoms with Crippen molar-refractivity contribution in [2.75, 3.05) is 5.73 Å². The number of anilines is 1. The topological polar surface area (TPSA) is 58.9 Å². The second kappa shape index (κ2) is 4.26. The van der Waals surface area contributed by atoms with Crippen molar-refractivity contribution in [3.63, 3.8) is 0 Å². The van der Waals surface area contributed by atoms with Gasteiger partial charge in [0.1, 0.15) is 0 Å². The van der Waals surface area contributed by atoms with Crippen LogP contribution in [0.5, 0.6) is 0 Å². The molecule has 0 bridgehead atoms. The number of rotatable bonds is 2. The minimum absolute atomic E-state index is 0.0311. The Morgan fingerprint density at radius 1 is 1.29 bits per heavy atom. The van der Waals surface area contributed by atoms with Gasteiger partial charge in [-0.15, -0.1) is 0 Å². The lowest BCUT2D eigenvalue weighted by Crippen LogP contribution is -1.98. The average Bonchev–Trinajstić information content (AvgIpc) is 2.55. The largest absolute Gasteiger partial charge is 0.396 e. The Balaban J connectivity index is 2.57. The Bertz CT molecular complexity index is 570. The first-order valence-electron chi connectivity index (χ1n) is 5.25. The van der Waals surface area contributed by atoms with Crippen LogP contribution in [-0.4, -0.2) is 10.8 Å². The van der Waals surface area contributed by atoms with Crippen molar-refractivity contribution in [3.8, 4) is 11.3 Å². The monoisotopic (exact) mass is 248 g/mol. The SMILES string of the molecule is CC(=O)c1c(C)[nH]c(-c2ccc(Cl)cc2)c1N. The summed E-state index contributed by atoms with van der Waals surface area (Å²) in [5.74, 6) is -0.0311. The number of nitrogens with one attached hydrogen (secondary N) is 1. The van der Waals surface area contributed by atoms with Gasteiger partial charge in [-0.05, 0) is 26.0 Å². The number of H-pyrrole nitrogens is 1. The van der Waals surface area contributed by atoms with Gasteiger partial charge in [-0.1, -0.05) is 23.7 Å². The van der Waals surface area contributed by atoms with Gasteiger partial charge in [0.2, 0.25) is 0 Å². The molecule has 0 amide bonds. The zero-order valence-corrected chi connectivity index (χ0v) is 10.4. The fourth-order valence-corrected chi connectivity index (χ4v) is 2.07. The molecule has 0 saturated heterocycles. The number of carbonyl (C=O) groups is 1. The van der Waals surface area contributed by atoms with E-state index in [0.29, 0.717) is 16.3 Å². The number of hydrogen-bond donors (Lipinski definition) is 2. The average molecular weight is 249 g/mol. The van der Waals surface area contributed by atoms with E-state index < -0.39 is 0 Å². The maximum Gasteiger partial charge on any atom is 0.163 e. The molecule has 0 aliphatic heterocycles. The van der Waals surface area contributed by atoms with Gasteiger partial charge in [0, 0.05) is 16.3 Å². The van der Waals surface area contributed by atoms with Crippen LogP contribution in [0.25, 0.3) is 11.3 Å². The highest BCUT2D eigenvalue weighted by atomic mass is 35.5. The second-order valence-electron chi connectivity index (χ2n) is 3.98. The molecule has 0 atom stereocenters. The van der Waals surface area contributed by atoms with E-state index in [4.69, 9.17) is 17.3 Å². The highest BCUT2D eigenvalue weighted by Crippen LogP contribution is 2.31. The summed E-state index contributed by atoms with van der Waals surface area (Å²) in [6, 6.07) is 7.32. The van der Waals surface area contributed by atoms with Crippen LogP contribution in [0, 0.1) is 6.92 Å². The van der Waals surface area contributed by atoms with Crippen LogP contribution >= 0.6 is 11.6 Å². The molecule has 0 radical (unpaired) electrons. The van der Waals surface area contributed by atoms with Crippen LogP contribution in [0.3, 0.4) is 0 Å². The zero-order valence-electron chi connectivity index (χ0n) is 9.67. The van der Waals surface area contributed by atoms with Crippen LogP contribution in [-0.2, 0) is 0 Å². The first kappa shape index (κ1) is 11.7. The van der Waals surface area contributed by atoms with Crippen molar-refractivity contribution < 1.29 is 4.79 Å². The summed E-state index contributed by atoms with van der Waals surface area (Å²) in [5, 5.41) is 0.669. The first-order chi connectivity index (χ1) is 8.00.